The van der Waals surface area contributed by atoms with Gasteiger partial charge in [0, 0.05) is 6.54 Å². The van der Waals surface area contributed by atoms with E-state index < -0.39 is 11.5 Å². The second kappa shape index (κ2) is 7.95. The molecule has 0 aromatic carbocycles. The molecule has 0 bridgehead atoms. The third-order valence-corrected chi connectivity index (χ3v) is 5.25. The molecule has 0 heterocycles. The van der Waals surface area contributed by atoms with Crippen molar-refractivity contribution < 1.29 is 14.7 Å². The number of nitrogens with two attached hydrogens (primary N) is 1. The smallest absolute Gasteiger partial charge is 0.237 e. The molecule has 2 rings (SSSR count). The number of carbonyl (C=O) groups is 2. The maximum Gasteiger partial charge on any atom is 0.237 e. The van der Waals surface area contributed by atoms with E-state index in [9.17, 15) is 14.7 Å². The Bertz CT molecular complexity index is 385. The maximum atomic E-state index is 12.5. The summed E-state index contributed by atoms with van der Waals surface area (Å²) in [5.41, 5.74) is 4.42. The van der Waals surface area contributed by atoms with Crippen LogP contribution in [0.1, 0.15) is 70.6 Å². The number of carbonyl (C=O) groups excluding carboxylic acids is 2. The van der Waals surface area contributed by atoms with Crippen LogP contribution in [0.2, 0.25) is 0 Å². The molecule has 5 nitrogen and oxygen atoms in total. The SMILES string of the molecule is NC(=O)CN(CCC1CCCCC1)C(=O)CC1(O)CCCC1. The fourth-order valence-electron chi connectivity index (χ4n) is 3.90. The van der Waals surface area contributed by atoms with Crippen LogP contribution in [0, 0.1) is 5.92 Å². The lowest BCUT2D eigenvalue weighted by atomic mass is 9.87. The normalized spacial score (nSPS) is 21.7. The van der Waals surface area contributed by atoms with Gasteiger partial charge in [0.05, 0.1) is 18.6 Å². The van der Waals surface area contributed by atoms with Crippen LogP contribution in [0.15, 0.2) is 0 Å². The molecule has 0 unspecified atom stereocenters. The quantitative estimate of drug-likeness (QED) is 0.754. The molecule has 2 aliphatic carbocycles. The van der Waals surface area contributed by atoms with Gasteiger partial charge in [0.1, 0.15) is 0 Å². The Morgan fingerprint density at radius 1 is 1.09 bits per heavy atom. The van der Waals surface area contributed by atoms with E-state index in [2.05, 4.69) is 0 Å². The van der Waals surface area contributed by atoms with Crippen molar-refractivity contribution in [3.63, 3.8) is 0 Å². The molecule has 0 aromatic rings. The first kappa shape index (κ1) is 17.3. The molecular formula is C17H30N2O3. The Kier molecular flexibility index (Phi) is 6.24. The average Bonchev–Trinajstić information content (AvgIpc) is 2.90. The molecule has 0 saturated heterocycles. The highest BCUT2D eigenvalue weighted by Gasteiger charge is 2.35. The van der Waals surface area contributed by atoms with E-state index in [-0.39, 0.29) is 18.9 Å². The van der Waals surface area contributed by atoms with Gasteiger partial charge >= 0.3 is 0 Å². The largest absolute Gasteiger partial charge is 0.389 e. The summed E-state index contributed by atoms with van der Waals surface area (Å²) in [6.45, 7) is 0.560. The van der Waals surface area contributed by atoms with Gasteiger partial charge in [0.2, 0.25) is 11.8 Å². The molecule has 2 fully saturated rings. The Morgan fingerprint density at radius 2 is 1.73 bits per heavy atom. The van der Waals surface area contributed by atoms with E-state index in [0.29, 0.717) is 25.3 Å². The van der Waals surface area contributed by atoms with Gasteiger partial charge < -0.3 is 15.7 Å². The molecule has 0 spiro atoms. The highest BCUT2D eigenvalue weighted by atomic mass is 16.3. The van der Waals surface area contributed by atoms with E-state index >= 15 is 0 Å². The van der Waals surface area contributed by atoms with Gasteiger partial charge in [-0.1, -0.05) is 44.9 Å². The predicted molar refractivity (Wildman–Crippen MR) is 85.0 cm³/mol. The third kappa shape index (κ3) is 5.27. The van der Waals surface area contributed by atoms with Crippen LogP contribution >= 0.6 is 0 Å². The second-order valence-electron chi connectivity index (χ2n) is 7.18. The molecule has 3 N–H and O–H groups in total. The zero-order valence-electron chi connectivity index (χ0n) is 13.6. The molecule has 2 aliphatic rings. The number of rotatable bonds is 7. The summed E-state index contributed by atoms with van der Waals surface area (Å²) in [4.78, 5) is 25.3. The van der Waals surface area contributed by atoms with Crippen LogP contribution in [0.4, 0.5) is 0 Å². The second-order valence-corrected chi connectivity index (χ2v) is 7.18. The molecule has 5 heteroatoms. The van der Waals surface area contributed by atoms with E-state index in [1.807, 2.05) is 0 Å². The van der Waals surface area contributed by atoms with Crippen molar-refractivity contribution in [3.8, 4) is 0 Å². The summed E-state index contributed by atoms with van der Waals surface area (Å²) < 4.78 is 0. The van der Waals surface area contributed by atoms with Gasteiger partial charge in [-0.25, -0.2) is 0 Å². The van der Waals surface area contributed by atoms with Crippen LogP contribution in [-0.2, 0) is 9.59 Å². The number of primary amides is 1. The van der Waals surface area contributed by atoms with Crippen molar-refractivity contribution in [3.05, 3.63) is 0 Å². The monoisotopic (exact) mass is 310 g/mol. The first-order chi connectivity index (χ1) is 10.5. The minimum atomic E-state index is -0.863. The molecular weight excluding hydrogens is 280 g/mol. The summed E-state index contributed by atoms with van der Waals surface area (Å²) in [5, 5.41) is 10.4. The van der Waals surface area contributed by atoms with Crippen molar-refractivity contribution in [2.24, 2.45) is 11.7 Å². The highest BCUT2D eigenvalue weighted by Crippen LogP contribution is 2.33. The van der Waals surface area contributed by atoms with Crippen LogP contribution in [0.3, 0.4) is 0 Å². The van der Waals surface area contributed by atoms with E-state index in [1.165, 1.54) is 32.1 Å². The van der Waals surface area contributed by atoms with Crippen molar-refractivity contribution in [1.82, 2.24) is 4.90 Å². The van der Waals surface area contributed by atoms with E-state index in [0.717, 1.165) is 19.3 Å². The van der Waals surface area contributed by atoms with Crippen LogP contribution in [0.5, 0.6) is 0 Å². The average molecular weight is 310 g/mol. The molecule has 2 amide bonds. The molecule has 0 aromatic heterocycles. The van der Waals surface area contributed by atoms with Crippen LogP contribution in [-0.4, -0.2) is 40.5 Å². The van der Waals surface area contributed by atoms with Gasteiger partial charge in [-0.15, -0.1) is 0 Å². The molecule has 22 heavy (non-hydrogen) atoms. The standard InChI is InChI=1S/C17H30N2O3/c18-15(20)13-19(11-8-14-6-2-1-3-7-14)16(21)12-17(22)9-4-5-10-17/h14,22H,1-13H2,(H2,18,20). The first-order valence-corrected chi connectivity index (χ1v) is 8.77. The zero-order valence-corrected chi connectivity index (χ0v) is 13.6. The lowest BCUT2D eigenvalue weighted by Gasteiger charge is -2.29. The number of hydrogen-bond acceptors (Lipinski definition) is 3. The van der Waals surface area contributed by atoms with Crippen LogP contribution < -0.4 is 5.73 Å². The van der Waals surface area contributed by atoms with Crippen molar-refractivity contribution in [2.75, 3.05) is 13.1 Å². The fraction of sp³-hybridized carbons (Fsp3) is 0.882. The Hall–Kier alpha value is -1.10. The van der Waals surface area contributed by atoms with Crippen molar-refractivity contribution in [1.29, 1.82) is 0 Å². The predicted octanol–water partition coefficient (Wildman–Crippen LogP) is 1.97. The number of amides is 2. The summed E-state index contributed by atoms with van der Waals surface area (Å²) in [5.74, 6) is 0.0564. The van der Waals surface area contributed by atoms with Gasteiger partial charge in [0.25, 0.3) is 0 Å². The van der Waals surface area contributed by atoms with Gasteiger partial charge in [0.15, 0.2) is 0 Å². The van der Waals surface area contributed by atoms with E-state index in [4.69, 9.17) is 5.73 Å². The Morgan fingerprint density at radius 3 is 2.32 bits per heavy atom. The van der Waals surface area contributed by atoms with Crippen LogP contribution in [0.25, 0.3) is 0 Å². The molecule has 2 saturated carbocycles. The maximum absolute atomic E-state index is 12.5. The van der Waals surface area contributed by atoms with E-state index in [1.54, 1.807) is 4.90 Å². The minimum absolute atomic E-state index is 0.0262. The highest BCUT2D eigenvalue weighted by molar-refractivity contribution is 5.84. The van der Waals surface area contributed by atoms with Crippen molar-refractivity contribution in [2.45, 2.75) is 76.2 Å². The Balaban J connectivity index is 1.86. The van der Waals surface area contributed by atoms with Gasteiger partial charge in [-0.2, -0.15) is 0 Å². The summed E-state index contributed by atoms with van der Waals surface area (Å²) >= 11 is 0. The van der Waals surface area contributed by atoms with Crippen molar-refractivity contribution >= 4 is 11.8 Å². The molecule has 0 atom stereocenters. The summed E-state index contributed by atoms with van der Waals surface area (Å²) in [6, 6.07) is 0. The number of aliphatic hydroxyl groups is 1. The Labute approximate surface area is 133 Å². The lowest BCUT2D eigenvalue weighted by Crippen LogP contribution is -2.43. The zero-order chi connectivity index (χ0) is 16.0. The first-order valence-electron chi connectivity index (χ1n) is 8.77. The lowest BCUT2D eigenvalue weighted by molar-refractivity contribution is -0.139. The summed E-state index contributed by atoms with van der Waals surface area (Å²) in [6.07, 6.45) is 10.7. The molecule has 0 radical (unpaired) electrons. The fourth-order valence-corrected chi connectivity index (χ4v) is 3.90. The number of hydrogen-bond donors (Lipinski definition) is 2. The minimum Gasteiger partial charge on any atom is -0.389 e. The van der Waals surface area contributed by atoms with Gasteiger partial charge in [-0.05, 0) is 25.2 Å². The molecule has 126 valence electrons. The summed E-state index contributed by atoms with van der Waals surface area (Å²) in [7, 11) is 0. The topological polar surface area (TPSA) is 83.6 Å². The molecule has 0 aliphatic heterocycles. The third-order valence-electron chi connectivity index (χ3n) is 5.25. The number of nitrogens with zero attached hydrogens (tertiary/aromatic N) is 1. The van der Waals surface area contributed by atoms with Gasteiger partial charge in [-0.3, -0.25) is 9.59 Å².